The van der Waals surface area contributed by atoms with E-state index in [0.29, 0.717) is 11.1 Å². The van der Waals surface area contributed by atoms with Gasteiger partial charge in [-0.1, -0.05) is 36.4 Å². The first-order valence-corrected chi connectivity index (χ1v) is 6.07. The van der Waals surface area contributed by atoms with Crippen LogP contribution in [0.3, 0.4) is 0 Å². The zero-order chi connectivity index (χ0) is 14.3. The summed E-state index contributed by atoms with van der Waals surface area (Å²) in [4.78, 5) is 11.2. The fraction of sp³-hybridized carbons (Fsp3) is 0.133. The monoisotopic (exact) mass is 275 g/mol. The van der Waals surface area contributed by atoms with Gasteiger partial charge in [-0.2, -0.15) is 8.78 Å². The van der Waals surface area contributed by atoms with Crippen molar-refractivity contribution in [1.82, 2.24) is 0 Å². The number of hydrogen-bond acceptors (Lipinski definition) is 2. The average molecular weight is 275 g/mol. The van der Waals surface area contributed by atoms with E-state index in [2.05, 4.69) is 5.32 Å². The summed E-state index contributed by atoms with van der Waals surface area (Å²) in [5.41, 5.74) is 0.623. The minimum atomic E-state index is -3.55. The maximum Gasteiger partial charge on any atom is 0.352 e. The van der Waals surface area contributed by atoms with Crippen LogP contribution in [-0.2, 0) is 10.7 Å². The molecule has 0 aromatic heterocycles. The number of aliphatic hydroxyl groups is 1. The van der Waals surface area contributed by atoms with Crippen molar-refractivity contribution in [2.45, 2.75) is 12.0 Å². The Labute approximate surface area is 113 Å². The Morgan fingerprint density at radius 3 is 2.45 bits per heavy atom. The number of carbonyl (C=O) groups is 1. The van der Waals surface area contributed by atoms with E-state index in [1.807, 2.05) is 0 Å². The van der Waals surface area contributed by atoms with Crippen LogP contribution in [0.15, 0.2) is 48.5 Å². The molecule has 0 aliphatic carbocycles. The second kappa shape index (κ2) is 4.38. The molecule has 0 fully saturated rings. The van der Waals surface area contributed by atoms with Gasteiger partial charge in [-0.15, -0.1) is 0 Å². The summed E-state index contributed by atoms with van der Waals surface area (Å²) in [6, 6.07) is 12.8. The molecular weight excluding hydrogens is 264 g/mol. The SMILES string of the molecule is O=C1Nc2ccc(C(O)c3ccccc3)cc2C1(F)F. The van der Waals surface area contributed by atoms with Gasteiger partial charge in [0.05, 0.1) is 11.3 Å². The molecule has 0 spiro atoms. The number of alkyl halides is 2. The summed E-state index contributed by atoms with van der Waals surface area (Å²) < 4.78 is 27.4. The molecule has 0 saturated heterocycles. The molecule has 1 atom stereocenters. The quantitative estimate of drug-likeness (QED) is 0.885. The number of fused-ring (bicyclic) bond motifs is 1. The summed E-state index contributed by atoms with van der Waals surface area (Å²) >= 11 is 0. The fourth-order valence-corrected chi connectivity index (χ4v) is 2.25. The first-order chi connectivity index (χ1) is 9.50. The lowest BCUT2D eigenvalue weighted by Gasteiger charge is -2.14. The smallest absolute Gasteiger partial charge is 0.352 e. The van der Waals surface area contributed by atoms with Crippen LogP contribution >= 0.6 is 0 Å². The molecule has 3 nitrogen and oxygen atoms in total. The van der Waals surface area contributed by atoms with E-state index >= 15 is 0 Å². The van der Waals surface area contributed by atoms with Crippen molar-refractivity contribution >= 4 is 11.6 Å². The van der Waals surface area contributed by atoms with E-state index in [9.17, 15) is 18.7 Å². The Kier molecular flexibility index (Phi) is 2.79. The maximum absolute atomic E-state index is 13.7. The third-order valence-corrected chi connectivity index (χ3v) is 3.35. The summed E-state index contributed by atoms with van der Waals surface area (Å²) in [6.07, 6.45) is -1.01. The van der Waals surface area contributed by atoms with Crippen molar-refractivity contribution in [1.29, 1.82) is 0 Å². The molecule has 1 amide bonds. The molecule has 2 aromatic rings. The number of carbonyl (C=O) groups excluding carboxylic acids is 1. The number of anilines is 1. The van der Waals surface area contributed by atoms with Gasteiger partial charge < -0.3 is 10.4 Å². The molecule has 1 aliphatic heterocycles. The molecule has 2 aromatic carbocycles. The van der Waals surface area contributed by atoms with Crippen molar-refractivity contribution in [2.24, 2.45) is 0 Å². The minimum Gasteiger partial charge on any atom is -0.384 e. The van der Waals surface area contributed by atoms with Gasteiger partial charge >= 0.3 is 5.92 Å². The topological polar surface area (TPSA) is 49.3 Å². The highest BCUT2D eigenvalue weighted by Gasteiger charge is 2.48. The van der Waals surface area contributed by atoms with Crippen LogP contribution in [0, 0.1) is 0 Å². The van der Waals surface area contributed by atoms with Gasteiger partial charge in [0.25, 0.3) is 5.91 Å². The molecule has 102 valence electrons. The lowest BCUT2D eigenvalue weighted by molar-refractivity contribution is -0.139. The maximum atomic E-state index is 13.7. The van der Waals surface area contributed by atoms with E-state index in [1.165, 1.54) is 18.2 Å². The van der Waals surface area contributed by atoms with Gasteiger partial charge in [-0.3, -0.25) is 4.79 Å². The molecule has 2 N–H and O–H groups in total. The summed E-state index contributed by atoms with van der Waals surface area (Å²) in [7, 11) is 0. The molecule has 0 saturated carbocycles. The predicted octanol–water partition coefficient (Wildman–Crippen LogP) is 2.81. The van der Waals surface area contributed by atoms with E-state index < -0.39 is 23.5 Å². The van der Waals surface area contributed by atoms with E-state index in [1.54, 1.807) is 30.3 Å². The molecular formula is C15H11F2NO2. The van der Waals surface area contributed by atoms with Crippen LogP contribution in [0.25, 0.3) is 0 Å². The minimum absolute atomic E-state index is 0.0870. The molecule has 3 rings (SSSR count). The van der Waals surface area contributed by atoms with Gasteiger partial charge in [0.2, 0.25) is 0 Å². The molecule has 5 heteroatoms. The van der Waals surface area contributed by atoms with Crippen molar-refractivity contribution in [3.05, 3.63) is 65.2 Å². The van der Waals surface area contributed by atoms with Gasteiger partial charge in [-0.25, -0.2) is 0 Å². The number of benzene rings is 2. The van der Waals surface area contributed by atoms with Crippen molar-refractivity contribution in [3.8, 4) is 0 Å². The molecule has 20 heavy (non-hydrogen) atoms. The van der Waals surface area contributed by atoms with Crippen LogP contribution in [0.4, 0.5) is 14.5 Å². The van der Waals surface area contributed by atoms with Crippen LogP contribution in [-0.4, -0.2) is 11.0 Å². The van der Waals surface area contributed by atoms with E-state index in [4.69, 9.17) is 0 Å². The molecule has 1 heterocycles. The predicted molar refractivity (Wildman–Crippen MR) is 69.5 cm³/mol. The average Bonchev–Trinajstić information content (AvgIpc) is 2.69. The van der Waals surface area contributed by atoms with Gasteiger partial charge in [0.1, 0.15) is 6.10 Å². The first-order valence-electron chi connectivity index (χ1n) is 6.07. The molecule has 1 aliphatic rings. The Hall–Kier alpha value is -2.27. The zero-order valence-corrected chi connectivity index (χ0v) is 10.3. The van der Waals surface area contributed by atoms with Gasteiger partial charge in [-0.05, 0) is 23.3 Å². The highest BCUT2D eigenvalue weighted by atomic mass is 19.3. The third kappa shape index (κ3) is 1.87. The molecule has 0 radical (unpaired) electrons. The fourth-order valence-electron chi connectivity index (χ4n) is 2.25. The highest BCUT2D eigenvalue weighted by Crippen LogP contribution is 2.41. The number of amides is 1. The first kappa shape index (κ1) is 12.7. The molecule has 1 unspecified atom stereocenters. The Morgan fingerprint density at radius 1 is 1.05 bits per heavy atom. The lowest BCUT2D eigenvalue weighted by atomic mass is 9.98. The zero-order valence-electron chi connectivity index (χ0n) is 10.3. The largest absolute Gasteiger partial charge is 0.384 e. The summed E-state index contributed by atoms with van der Waals surface area (Å²) in [5.74, 6) is -4.89. The summed E-state index contributed by atoms with van der Waals surface area (Å²) in [6.45, 7) is 0. The standard InChI is InChI=1S/C15H11F2NO2/c16-15(17)11-8-10(6-7-12(11)18-14(15)20)13(19)9-4-2-1-3-5-9/h1-8,13,19H,(H,18,20). The number of rotatable bonds is 2. The number of halogens is 2. The Balaban J connectivity index is 2.02. The highest BCUT2D eigenvalue weighted by molar-refractivity contribution is 6.03. The van der Waals surface area contributed by atoms with E-state index in [-0.39, 0.29) is 5.69 Å². The number of hydrogen-bond donors (Lipinski definition) is 2. The lowest BCUT2D eigenvalue weighted by Crippen LogP contribution is -2.23. The second-order valence-electron chi connectivity index (χ2n) is 4.65. The van der Waals surface area contributed by atoms with Crippen LogP contribution in [0.1, 0.15) is 22.8 Å². The molecule has 0 bridgehead atoms. The van der Waals surface area contributed by atoms with Crippen LogP contribution in [0.2, 0.25) is 0 Å². The third-order valence-electron chi connectivity index (χ3n) is 3.35. The van der Waals surface area contributed by atoms with Crippen LogP contribution in [0.5, 0.6) is 0 Å². The Morgan fingerprint density at radius 2 is 1.75 bits per heavy atom. The second-order valence-corrected chi connectivity index (χ2v) is 4.65. The van der Waals surface area contributed by atoms with Crippen molar-refractivity contribution in [3.63, 3.8) is 0 Å². The summed E-state index contributed by atoms with van der Waals surface area (Å²) in [5, 5.41) is 12.3. The number of aliphatic hydroxyl groups excluding tert-OH is 1. The van der Waals surface area contributed by atoms with Gasteiger partial charge in [0.15, 0.2) is 0 Å². The van der Waals surface area contributed by atoms with Crippen molar-refractivity contribution in [2.75, 3.05) is 5.32 Å². The van der Waals surface area contributed by atoms with E-state index in [0.717, 1.165) is 0 Å². The number of nitrogens with one attached hydrogen (secondary N) is 1. The Bertz CT molecular complexity index is 671. The van der Waals surface area contributed by atoms with Crippen LogP contribution < -0.4 is 5.32 Å². The van der Waals surface area contributed by atoms with Gasteiger partial charge in [0, 0.05) is 0 Å². The normalized spacial score (nSPS) is 17.4. The van der Waals surface area contributed by atoms with Crippen molar-refractivity contribution < 1.29 is 18.7 Å².